The molecule has 0 unspecified atom stereocenters. The van der Waals surface area contributed by atoms with Gasteiger partial charge >= 0.3 is 6.09 Å². The zero-order valence-electron chi connectivity index (χ0n) is 13.1. The lowest BCUT2D eigenvalue weighted by atomic mass is 10.1. The number of benzene rings is 1. The van der Waals surface area contributed by atoms with Crippen molar-refractivity contribution >= 4 is 23.4 Å². The Bertz CT molecular complexity index is 614. The summed E-state index contributed by atoms with van der Waals surface area (Å²) in [5, 5.41) is 7.75. The van der Waals surface area contributed by atoms with Crippen LogP contribution in [0, 0.1) is 0 Å². The summed E-state index contributed by atoms with van der Waals surface area (Å²) in [7, 11) is 0. The molecule has 1 heterocycles. The van der Waals surface area contributed by atoms with Crippen molar-refractivity contribution in [3.05, 3.63) is 23.8 Å². The molecule has 6 nitrogen and oxygen atoms in total. The Kier molecular flexibility index (Phi) is 4.72. The Morgan fingerprint density at radius 1 is 1.39 bits per heavy atom. The summed E-state index contributed by atoms with van der Waals surface area (Å²) in [6.45, 7) is 5.15. The molecule has 1 aliphatic rings. The molecule has 3 N–H and O–H groups in total. The van der Waals surface area contributed by atoms with E-state index in [1.807, 2.05) is 0 Å². The van der Waals surface area contributed by atoms with Gasteiger partial charge in [0.05, 0.1) is 11.4 Å². The standard InChI is InChI=1S/C15H19F2N3O3/c1-15(2,3)23-14(22)19-10-7-18-9-6-4-5-8(12(16)17)11(9)20-13(10)21/h4-6,10,12,18H,7H2,1-3H3,(H,19,22)(H,20,21)/t10-/m0/s1. The molecule has 0 fully saturated rings. The number of nitrogens with one attached hydrogen (secondary N) is 3. The van der Waals surface area contributed by atoms with Crippen LogP contribution in [0.2, 0.25) is 0 Å². The van der Waals surface area contributed by atoms with E-state index in [0.29, 0.717) is 5.69 Å². The highest BCUT2D eigenvalue weighted by Gasteiger charge is 2.29. The van der Waals surface area contributed by atoms with Gasteiger partial charge in [0.1, 0.15) is 11.6 Å². The molecule has 8 heteroatoms. The van der Waals surface area contributed by atoms with E-state index in [2.05, 4.69) is 16.0 Å². The number of para-hydroxylation sites is 1. The van der Waals surface area contributed by atoms with Crippen molar-refractivity contribution in [2.24, 2.45) is 0 Å². The lowest BCUT2D eigenvalue weighted by Crippen LogP contribution is -2.48. The summed E-state index contributed by atoms with van der Waals surface area (Å²) >= 11 is 0. The summed E-state index contributed by atoms with van der Waals surface area (Å²) in [6.07, 6.45) is -3.47. The molecule has 1 aromatic carbocycles. The number of amides is 2. The van der Waals surface area contributed by atoms with E-state index in [1.54, 1.807) is 26.8 Å². The number of ether oxygens (including phenoxy) is 1. The van der Waals surface area contributed by atoms with Gasteiger partial charge in [-0.05, 0) is 26.8 Å². The summed E-state index contributed by atoms with van der Waals surface area (Å²) in [4.78, 5) is 24.0. The van der Waals surface area contributed by atoms with Gasteiger partial charge in [-0.15, -0.1) is 0 Å². The lowest BCUT2D eigenvalue weighted by molar-refractivity contribution is -0.117. The topological polar surface area (TPSA) is 79.5 Å². The van der Waals surface area contributed by atoms with Crippen LogP contribution in [-0.4, -0.2) is 30.2 Å². The molecule has 0 spiro atoms. The predicted octanol–water partition coefficient (Wildman–Crippen LogP) is 2.88. The first-order valence-electron chi connectivity index (χ1n) is 7.12. The normalized spacial score (nSPS) is 17.7. The Morgan fingerprint density at radius 3 is 2.70 bits per heavy atom. The summed E-state index contributed by atoms with van der Waals surface area (Å²) in [6, 6.07) is 3.36. The summed E-state index contributed by atoms with van der Waals surface area (Å²) in [5.41, 5.74) is -0.572. The summed E-state index contributed by atoms with van der Waals surface area (Å²) in [5.74, 6) is -0.588. The summed E-state index contributed by atoms with van der Waals surface area (Å²) < 4.78 is 31.2. The van der Waals surface area contributed by atoms with Gasteiger partial charge in [0.2, 0.25) is 5.91 Å². The van der Waals surface area contributed by atoms with Crippen molar-refractivity contribution in [2.45, 2.75) is 38.8 Å². The fourth-order valence-corrected chi connectivity index (χ4v) is 2.12. The monoisotopic (exact) mass is 327 g/mol. The molecule has 23 heavy (non-hydrogen) atoms. The van der Waals surface area contributed by atoms with Crippen LogP contribution in [0.25, 0.3) is 0 Å². The van der Waals surface area contributed by atoms with Crippen LogP contribution in [0.15, 0.2) is 18.2 Å². The fourth-order valence-electron chi connectivity index (χ4n) is 2.12. The largest absolute Gasteiger partial charge is 0.444 e. The van der Waals surface area contributed by atoms with E-state index in [0.717, 1.165) is 0 Å². The first-order chi connectivity index (χ1) is 10.7. The highest BCUT2D eigenvalue weighted by atomic mass is 19.3. The number of alkyl carbamates (subject to hydrolysis) is 1. The predicted molar refractivity (Wildman–Crippen MR) is 81.7 cm³/mol. The number of alkyl halides is 2. The molecule has 0 radical (unpaired) electrons. The minimum Gasteiger partial charge on any atom is -0.444 e. The van der Waals surface area contributed by atoms with Crippen LogP contribution in [-0.2, 0) is 9.53 Å². The van der Waals surface area contributed by atoms with Crippen LogP contribution in [0.3, 0.4) is 0 Å². The molecule has 2 rings (SSSR count). The molecule has 2 amide bonds. The van der Waals surface area contributed by atoms with Gasteiger partial charge in [-0.25, -0.2) is 13.6 Å². The van der Waals surface area contributed by atoms with E-state index in [1.165, 1.54) is 12.1 Å². The van der Waals surface area contributed by atoms with Gasteiger partial charge in [0, 0.05) is 12.1 Å². The molecule has 0 saturated carbocycles. The Morgan fingerprint density at radius 2 is 2.09 bits per heavy atom. The third kappa shape index (κ3) is 4.30. The maximum absolute atomic E-state index is 13.0. The molecular weight excluding hydrogens is 308 g/mol. The smallest absolute Gasteiger partial charge is 0.408 e. The molecule has 1 aliphatic heterocycles. The second-order valence-electron chi connectivity index (χ2n) is 6.14. The molecule has 0 aromatic heterocycles. The second kappa shape index (κ2) is 6.39. The van der Waals surface area contributed by atoms with Crippen molar-refractivity contribution in [3.8, 4) is 0 Å². The third-order valence-electron chi connectivity index (χ3n) is 3.08. The Labute approximate surface area is 132 Å². The first-order valence-corrected chi connectivity index (χ1v) is 7.12. The average molecular weight is 327 g/mol. The van der Waals surface area contributed by atoms with Crippen LogP contribution in [0.5, 0.6) is 0 Å². The maximum atomic E-state index is 13.0. The van der Waals surface area contributed by atoms with Crippen molar-refractivity contribution in [2.75, 3.05) is 17.2 Å². The second-order valence-corrected chi connectivity index (χ2v) is 6.14. The van der Waals surface area contributed by atoms with Crippen LogP contribution >= 0.6 is 0 Å². The van der Waals surface area contributed by atoms with Crippen molar-refractivity contribution in [1.29, 1.82) is 0 Å². The van der Waals surface area contributed by atoms with Crippen LogP contribution in [0.1, 0.15) is 32.8 Å². The van der Waals surface area contributed by atoms with Crippen molar-refractivity contribution in [3.63, 3.8) is 0 Å². The molecule has 0 bridgehead atoms. The molecular formula is C15H19F2N3O3. The molecule has 0 saturated heterocycles. The van der Waals surface area contributed by atoms with Gasteiger partial charge in [-0.3, -0.25) is 4.79 Å². The number of carbonyl (C=O) groups is 2. The number of hydrogen-bond donors (Lipinski definition) is 3. The molecule has 0 aliphatic carbocycles. The fraction of sp³-hybridized carbons (Fsp3) is 0.467. The number of fused-ring (bicyclic) bond motifs is 1. The average Bonchev–Trinajstić information content (AvgIpc) is 2.56. The molecule has 1 atom stereocenters. The highest BCUT2D eigenvalue weighted by Crippen LogP contribution is 2.34. The minimum absolute atomic E-state index is 0.0287. The zero-order chi connectivity index (χ0) is 17.2. The SMILES string of the molecule is CC(C)(C)OC(=O)N[C@H]1CNc2cccc(C(F)F)c2NC1=O. The molecule has 126 valence electrons. The Balaban J connectivity index is 2.14. The Hall–Kier alpha value is -2.38. The molecule has 1 aromatic rings. The van der Waals surface area contributed by atoms with E-state index in [9.17, 15) is 18.4 Å². The number of anilines is 2. The van der Waals surface area contributed by atoms with E-state index in [-0.39, 0.29) is 17.8 Å². The lowest BCUT2D eigenvalue weighted by Gasteiger charge is -2.22. The van der Waals surface area contributed by atoms with Gasteiger partial charge in [0.25, 0.3) is 6.43 Å². The number of carbonyl (C=O) groups excluding carboxylic acids is 2. The van der Waals surface area contributed by atoms with Gasteiger partial charge in [-0.2, -0.15) is 0 Å². The number of hydrogen-bond acceptors (Lipinski definition) is 4. The van der Waals surface area contributed by atoms with Gasteiger partial charge < -0.3 is 20.7 Å². The van der Waals surface area contributed by atoms with Crippen molar-refractivity contribution < 1.29 is 23.1 Å². The van der Waals surface area contributed by atoms with E-state index >= 15 is 0 Å². The van der Waals surface area contributed by atoms with Crippen LogP contribution < -0.4 is 16.0 Å². The van der Waals surface area contributed by atoms with Gasteiger partial charge in [0.15, 0.2) is 0 Å². The van der Waals surface area contributed by atoms with E-state index < -0.39 is 30.1 Å². The van der Waals surface area contributed by atoms with Gasteiger partial charge in [-0.1, -0.05) is 12.1 Å². The highest BCUT2D eigenvalue weighted by molar-refractivity contribution is 6.01. The minimum atomic E-state index is -2.72. The van der Waals surface area contributed by atoms with Crippen molar-refractivity contribution in [1.82, 2.24) is 5.32 Å². The van der Waals surface area contributed by atoms with Crippen LogP contribution in [0.4, 0.5) is 25.0 Å². The third-order valence-corrected chi connectivity index (χ3v) is 3.08. The number of halogens is 2. The number of rotatable bonds is 2. The first kappa shape index (κ1) is 17.0. The van der Waals surface area contributed by atoms with E-state index in [4.69, 9.17) is 4.74 Å². The maximum Gasteiger partial charge on any atom is 0.408 e. The quantitative estimate of drug-likeness (QED) is 0.780. The zero-order valence-corrected chi connectivity index (χ0v) is 13.1.